The second-order valence-corrected chi connectivity index (χ2v) is 5.15. The van der Waals surface area contributed by atoms with Crippen LogP contribution in [-0.4, -0.2) is 22.8 Å². The second-order valence-electron chi connectivity index (χ2n) is 5.15. The van der Waals surface area contributed by atoms with Gasteiger partial charge in [0.25, 0.3) is 0 Å². The van der Waals surface area contributed by atoms with Gasteiger partial charge in [-0.3, -0.25) is 14.5 Å². The summed E-state index contributed by atoms with van der Waals surface area (Å²) in [7, 11) is 0. The van der Waals surface area contributed by atoms with Crippen LogP contribution in [0.3, 0.4) is 0 Å². The molecular formula is C12H17NO2. The third kappa shape index (κ3) is 0.959. The lowest BCUT2D eigenvalue weighted by molar-refractivity contribution is -0.146. The summed E-state index contributed by atoms with van der Waals surface area (Å²) in [5.41, 5.74) is -0.669. The number of nitrogens with zero attached hydrogens (tertiary/aromatic N) is 1. The molecule has 2 aliphatic rings. The Morgan fingerprint density at radius 1 is 1.47 bits per heavy atom. The standard InChI is InChI=1S/C12H17NO2/c1-5-9(14)13-8-6-7-12(4,10(13)15)11(8,2)3/h6-8H,5H2,1-4H3/t8-,12-/m0/s1. The van der Waals surface area contributed by atoms with Crippen molar-refractivity contribution in [1.29, 1.82) is 0 Å². The number of imide groups is 1. The van der Waals surface area contributed by atoms with Crippen molar-refractivity contribution in [3.05, 3.63) is 12.2 Å². The molecule has 3 nitrogen and oxygen atoms in total. The van der Waals surface area contributed by atoms with Crippen molar-refractivity contribution in [3.8, 4) is 0 Å². The van der Waals surface area contributed by atoms with Crippen LogP contribution in [0.25, 0.3) is 0 Å². The van der Waals surface area contributed by atoms with E-state index in [0.29, 0.717) is 6.42 Å². The van der Waals surface area contributed by atoms with Gasteiger partial charge in [-0.2, -0.15) is 0 Å². The number of rotatable bonds is 1. The zero-order valence-corrected chi connectivity index (χ0v) is 9.70. The van der Waals surface area contributed by atoms with Crippen molar-refractivity contribution >= 4 is 11.8 Å². The fourth-order valence-electron chi connectivity index (χ4n) is 2.62. The minimum Gasteiger partial charge on any atom is -0.274 e. The summed E-state index contributed by atoms with van der Waals surface area (Å²) in [6, 6.07) is -0.0533. The maximum absolute atomic E-state index is 12.2. The molecule has 15 heavy (non-hydrogen) atoms. The molecule has 1 heterocycles. The first-order valence-corrected chi connectivity index (χ1v) is 5.42. The highest BCUT2D eigenvalue weighted by Crippen LogP contribution is 2.56. The van der Waals surface area contributed by atoms with Crippen molar-refractivity contribution in [2.75, 3.05) is 0 Å². The molecular weight excluding hydrogens is 190 g/mol. The Balaban J connectivity index is 2.47. The summed E-state index contributed by atoms with van der Waals surface area (Å²) in [5, 5.41) is 0. The molecule has 0 unspecified atom stereocenters. The first-order chi connectivity index (χ1) is 6.86. The summed E-state index contributed by atoms with van der Waals surface area (Å²) in [5.74, 6) is -0.0991. The average molecular weight is 207 g/mol. The Labute approximate surface area is 90.1 Å². The summed E-state index contributed by atoms with van der Waals surface area (Å²) in [4.78, 5) is 25.3. The Kier molecular flexibility index (Phi) is 1.88. The van der Waals surface area contributed by atoms with Crippen molar-refractivity contribution in [1.82, 2.24) is 4.90 Å². The van der Waals surface area contributed by atoms with Crippen LogP contribution in [0.2, 0.25) is 0 Å². The fourth-order valence-corrected chi connectivity index (χ4v) is 2.62. The van der Waals surface area contributed by atoms with Crippen molar-refractivity contribution in [2.24, 2.45) is 10.8 Å². The van der Waals surface area contributed by atoms with Crippen molar-refractivity contribution < 1.29 is 9.59 Å². The molecule has 1 aliphatic carbocycles. The molecule has 0 aromatic rings. The first-order valence-electron chi connectivity index (χ1n) is 5.42. The first kappa shape index (κ1) is 10.4. The number of carbonyl (C=O) groups is 2. The van der Waals surface area contributed by atoms with Crippen LogP contribution in [0.4, 0.5) is 0 Å². The van der Waals surface area contributed by atoms with E-state index in [0.717, 1.165) is 0 Å². The smallest absolute Gasteiger partial charge is 0.240 e. The maximum Gasteiger partial charge on any atom is 0.240 e. The van der Waals surface area contributed by atoms with E-state index in [1.165, 1.54) is 4.90 Å². The van der Waals surface area contributed by atoms with Gasteiger partial charge in [0.05, 0.1) is 11.5 Å². The zero-order chi connectivity index (χ0) is 11.4. The van der Waals surface area contributed by atoms with Gasteiger partial charge in [-0.05, 0) is 6.92 Å². The van der Waals surface area contributed by atoms with Gasteiger partial charge < -0.3 is 0 Å². The highest BCUT2D eigenvalue weighted by molar-refractivity contribution is 6.03. The van der Waals surface area contributed by atoms with Crippen LogP contribution in [0.5, 0.6) is 0 Å². The van der Waals surface area contributed by atoms with Gasteiger partial charge in [-0.1, -0.05) is 32.9 Å². The molecule has 3 heteroatoms. The number of likely N-dealkylation sites (tertiary alicyclic amines) is 1. The van der Waals surface area contributed by atoms with Crippen LogP contribution in [0.15, 0.2) is 12.2 Å². The van der Waals surface area contributed by atoms with Gasteiger partial charge in [0, 0.05) is 11.8 Å². The minimum absolute atomic E-state index is 0.0353. The molecule has 0 N–H and O–H groups in total. The molecule has 2 rings (SSSR count). The molecule has 1 fully saturated rings. The molecule has 2 amide bonds. The van der Waals surface area contributed by atoms with Crippen LogP contribution in [-0.2, 0) is 9.59 Å². The largest absolute Gasteiger partial charge is 0.274 e. The highest BCUT2D eigenvalue weighted by atomic mass is 16.2. The van der Waals surface area contributed by atoms with Gasteiger partial charge in [0.2, 0.25) is 11.8 Å². The lowest BCUT2D eigenvalue weighted by Gasteiger charge is -2.29. The van der Waals surface area contributed by atoms with Gasteiger partial charge >= 0.3 is 0 Å². The Hall–Kier alpha value is -1.12. The Morgan fingerprint density at radius 2 is 2.07 bits per heavy atom. The summed E-state index contributed by atoms with van der Waals surface area (Å²) in [6.07, 6.45) is 4.34. The monoisotopic (exact) mass is 207 g/mol. The van der Waals surface area contributed by atoms with Crippen molar-refractivity contribution in [2.45, 2.75) is 40.2 Å². The predicted octanol–water partition coefficient (Wildman–Crippen LogP) is 1.74. The van der Waals surface area contributed by atoms with Crippen LogP contribution in [0, 0.1) is 10.8 Å². The summed E-state index contributed by atoms with van der Waals surface area (Å²) >= 11 is 0. The fraction of sp³-hybridized carbons (Fsp3) is 0.667. The molecule has 0 spiro atoms. The quantitative estimate of drug-likeness (QED) is 0.614. The summed E-state index contributed by atoms with van der Waals surface area (Å²) < 4.78 is 0. The molecule has 0 radical (unpaired) electrons. The normalized spacial score (nSPS) is 36.4. The number of carbonyl (C=O) groups excluding carboxylic acids is 2. The van der Waals surface area contributed by atoms with E-state index in [1.54, 1.807) is 6.92 Å². The molecule has 2 bridgehead atoms. The van der Waals surface area contributed by atoms with Crippen LogP contribution >= 0.6 is 0 Å². The average Bonchev–Trinajstić information content (AvgIpc) is 2.48. The molecule has 1 aliphatic heterocycles. The highest BCUT2D eigenvalue weighted by Gasteiger charge is 2.64. The maximum atomic E-state index is 12.2. The number of amides is 2. The third-order valence-corrected chi connectivity index (χ3v) is 4.20. The SMILES string of the molecule is CCC(=O)N1C(=O)[C@]2(C)C=C[C@H]1C2(C)C. The Bertz CT molecular complexity index is 370. The molecule has 1 saturated heterocycles. The van der Waals surface area contributed by atoms with Crippen molar-refractivity contribution in [3.63, 3.8) is 0 Å². The second kappa shape index (κ2) is 2.71. The molecule has 0 saturated carbocycles. The van der Waals surface area contributed by atoms with Gasteiger partial charge in [0.15, 0.2) is 0 Å². The van der Waals surface area contributed by atoms with Gasteiger partial charge in [-0.15, -0.1) is 0 Å². The van der Waals surface area contributed by atoms with E-state index < -0.39 is 5.41 Å². The topological polar surface area (TPSA) is 37.4 Å². The van der Waals surface area contributed by atoms with Gasteiger partial charge in [-0.25, -0.2) is 0 Å². The minimum atomic E-state index is -0.498. The van der Waals surface area contributed by atoms with E-state index in [4.69, 9.17) is 0 Å². The van der Waals surface area contributed by atoms with Gasteiger partial charge in [0.1, 0.15) is 0 Å². The van der Waals surface area contributed by atoms with E-state index in [9.17, 15) is 9.59 Å². The molecule has 82 valence electrons. The molecule has 0 aromatic carbocycles. The molecule has 0 aromatic heterocycles. The zero-order valence-electron chi connectivity index (χ0n) is 9.70. The lowest BCUT2D eigenvalue weighted by Crippen LogP contribution is -2.41. The van der Waals surface area contributed by atoms with E-state index in [1.807, 2.05) is 19.1 Å². The van der Waals surface area contributed by atoms with E-state index >= 15 is 0 Å². The van der Waals surface area contributed by atoms with Crippen LogP contribution < -0.4 is 0 Å². The van der Waals surface area contributed by atoms with Crippen LogP contribution in [0.1, 0.15) is 34.1 Å². The van der Waals surface area contributed by atoms with E-state index in [-0.39, 0.29) is 23.3 Å². The molecule has 2 atom stereocenters. The lowest BCUT2D eigenvalue weighted by atomic mass is 9.70. The predicted molar refractivity (Wildman–Crippen MR) is 57.0 cm³/mol. The number of hydrogen-bond acceptors (Lipinski definition) is 2. The number of fused-ring (bicyclic) bond motifs is 2. The Morgan fingerprint density at radius 3 is 2.47 bits per heavy atom. The number of hydrogen-bond donors (Lipinski definition) is 0. The summed E-state index contributed by atoms with van der Waals surface area (Å²) in [6.45, 7) is 7.83. The third-order valence-electron chi connectivity index (χ3n) is 4.20. The van der Waals surface area contributed by atoms with E-state index in [2.05, 4.69) is 13.8 Å².